The van der Waals surface area contributed by atoms with Crippen LogP contribution in [0, 0.1) is 24.2 Å². The van der Waals surface area contributed by atoms with Crippen molar-refractivity contribution in [2.75, 3.05) is 33.5 Å². The van der Waals surface area contributed by atoms with Gasteiger partial charge in [0.05, 0.1) is 31.1 Å². The second-order valence-electron chi connectivity index (χ2n) is 9.71. The lowest BCUT2D eigenvalue weighted by Gasteiger charge is -2.34. The summed E-state index contributed by atoms with van der Waals surface area (Å²) >= 11 is 0. The van der Waals surface area contributed by atoms with Gasteiger partial charge in [-0.1, -0.05) is 77.5 Å². The van der Waals surface area contributed by atoms with Crippen LogP contribution in [0.15, 0.2) is 52.9 Å². The zero-order valence-electron chi connectivity index (χ0n) is 26.6. The second-order valence-corrected chi connectivity index (χ2v) is 9.71. The van der Waals surface area contributed by atoms with Crippen LogP contribution in [0.3, 0.4) is 0 Å². The van der Waals surface area contributed by atoms with E-state index in [9.17, 15) is 4.79 Å². The maximum absolute atomic E-state index is 13.2. The Hall–Kier alpha value is -2.85. The van der Waals surface area contributed by atoms with Crippen molar-refractivity contribution in [3.05, 3.63) is 64.0 Å². The fourth-order valence-corrected chi connectivity index (χ4v) is 4.27. The molecule has 1 aromatic carbocycles. The van der Waals surface area contributed by atoms with Crippen molar-refractivity contribution in [2.45, 2.75) is 81.1 Å². The number of nitrogens with one attached hydrogen (secondary N) is 1. The second kappa shape index (κ2) is 22.9. The van der Waals surface area contributed by atoms with Crippen LogP contribution >= 0.6 is 0 Å². The summed E-state index contributed by atoms with van der Waals surface area (Å²) in [4.78, 5) is 13.2. The van der Waals surface area contributed by atoms with Crippen molar-refractivity contribution in [1.82, 2.24) is 5.32 Å². The van der Waals surface area contributed by atoms with Crippen molar-refractivity contribution in [1.29, 1.82) is 0 Å². The number of dihydropyridines is 1. The number of terminal acetylenes is 1. The Kier molecular flexibility index (Phi) is 22.5. The monoisotopic (exact) mass is 556 g/mol. The van der Waals surface area contributed by atoms with Gasteiger partial charge in [-0.05, 0) is 62.1 Å². The van der Waals surface area contributed by atoms with Crippen molar-refractivity contribution in [2.24, 2.45) is 17.1 Å². The molecule has 2 rings (SSSR count). The molecule has 1 heterocycles. The third-order valence-electron chi connectivity index (χ3n) is 6.81. The minimum atomic E-state index is -0.276. The largest absolute Gasteiger partial charge is 0.463 e. The first-order chi connectivity index (χ1) is 19.3. The van der Waals surface area contributed by atoms with Crippen LogP contribution in [-0.2, 0) is 20.7 Å². The molecule has 6 nitrogen and oxygen atoms in total. The van der Waals surface area contributed by atoms with Crippen LogP contribution in [-0.4, -0.2) is 44.6 Å². The fourth-order valence-electron chi connectivity index (χ4n) is 4.27. The van der Waals surface area contributed by atoms with Gasteiger partial charge in [0.25, 0.3) is 0 Å². The summed E-state index contributed by atoms with van der Waals surface area (Å²) in [7, 11) is 1.00. The molecule has 1 aliphatic rings. The highest BCUT2D eigenvalue weighted by atomic mass is 16.5. The van der Waals surface area contributed by atoms with Crippen LogP contribution in [0.4, 0.5) is 0 Å². The molecule has 0 aromatic heterocycles. The van der Waals surface area contributed by atoms with Gasteiger partial charge in [-0.25, -0.2) is 4.79 Å². The zero-order valence-corrected chi connectivity index (χ0v) is 26.6. The minimum Gasteiger partial charge on any atom is -0.463 e. The van der Waals surface area contributed by atoms with Gasteiger partial charge in [-0.15, -0.1) is 12.8 Å². The van der Waals surface area contributed by atoms with E-state index >= 15 is 0 Å². The molecule has 1 aromatic rings. The number of aliphatic hydroxyl groups is 1. The van der Waals surface area contributed by atoms with Gasteiger partial charge < -0.3 is 25.6 Å². The molecular formula is C34H56N2O4. The van der Waals surface area contributed by atoms with Gasteiger partial charge in [0.1, 0.15) is 0 Å². The molecule has 0 aliphatic carbocycles. The number of allylic oxidation sites excluding steroid dienone is 3. The van der Waals surface area contributed by atoms with E-state index in [1.54, 1.807) is 0 Å². The summed E-state index contributed by atoms with van der Waals surface area (Å²) in [6, 6.07) is 8.39. The first kappa shape index (κ1) is 39.3. The van der Waals surface area contributed by atoms with Gasteiger partial charge >= 0.3 is 5.97 Å². The highest BCUT2D eigenvalue weighted by Gasteiger charge is 2.34. The Morgan fingerprint density at radius 2 is 1.77 bits per heavy atom. The average molecular weight is 557 g/mol. The SMILES string of the molecule is C#C.C/C=C\c1ccccc1CC1C(C)=C(CCC(C)(C)CC)NC(COCCN)=C1C(=O)OCC.CC.CO. The molecule has 4 N–H and O–H groups in total. The highest BCUT2D eigenvalue weighted by Crippen LogP contribution is 2.37. The number of carbonyl (C=O) groups is 1. The molecule has 0 radical (unpaired) electrons. The van der Waals surface area contributed by atoms with Crippen molar-refractivity contribution < 1.29 is 19.4 Å². The molecule has 0 amide bonds. The molecule has 0 bridgehead atoms. The van der Waals surface area contributed by atoms with E-state index in [0.29, 0.717) is 31.9 Å². The summed E-state index contributed by atoms with van der Waals surface area (Å²) in [5.41, 5.74) is 12.2. The predicted octanol–water partition coefficient (Wildman–Crippen LogP) is 6.65. The van der Waals surface area contributed by atoms with Crippen molar-refractivity contribution in [3.63, 3.8) is 0 Å². The molecule has 1 atom stereocenters. The van der Waals surface area contributed by atoms with Crippen molar-refractivity contribution >= 4 is 12.0 Å². The third kappa shape index (κ3) is 13.0. The fraction of sp³-hybridized carbons (Fsp3) is 0.559. The molecule has 0 saturated heterocycles. The number of nitrogens with two attached hydrogens (primary N) is 1. The maximum atomic E-state index is 13.2. The number of hydrogen-bond acceptors (Lipinski definition) is 6. The van der Waals surface area contributed by atoms with Gasteiger partial charge in [-0.2, -0.15) is 0 Å². The van der Waals surface area contributed by atoms with Crippen LogP contribution in [0.5, 0.6) is 0 Å². The minimum absolute atomic E-state index is 0.0806. The maximum Gasteiger partial charge on any atom is 0.336 e. The van der Waals surface area contributed by atoms with E-state index in [0.717, 1.165) is 38.5 Å². The van der Waals surface area contributed by atoms with Crippen LogP contribution in [0.1, 0.15) is 85.8 Å². The molecule has 226 valence electrons. The van der Waals surface area contributed by atoms with Gasteiger partial charge in [-0.3, -0.25) is 0 Å². The molecule has 0 saturated carbocycles. The van der Waals surface area contributed by atoms with Crippen LogP contribution in [0.2, 0.25) is 0 Å². The molecular weight excluding hydrogens is 500 g/mol. The Morgan fingerprint density at radius 1 is 1.15 bits per heavy atom. The zero-order chi connectivity index (χ0) is 31.1. The summed E-state index contributed by atoms with van der Waals surface area (Å²) in [6.45, 7) is 18.4. The Balaban J connectivity index is 0. The van der Waals surface area contributed by atoms with E-state index in [2.05, 4.69) is 82.3 Å². The summed E-state index contributed by atoms with van der Waals surface area (Å²) in [5.74, 6) is -0.356. The lowest BCUT2D eigenvalue weighted by atomic mass is 9.78. The van der Waals surface area contributed by atoms with Crippen molar-refractivity contribution in [3.8, 4) is 12.8 Å². The third-order valence-corrected chi connectivity index (χ3v) is 6.81. The van der Waals surface area contributed by atoms with E-state index in [-0.39, 0.29) is 17.3 Å². The van der Waals surface area contributed by atoms with Crippen LogP contribution < -0.4 is 11.1 Å². The number of esters is 1. The number of rotatable bonds is 13. The van der Waals surface area contributed by atoms with Crippen LogP contribution in [0.25, 0.3) is 6.08 Å². The van der Waals surface area contributed by atoms with Gasteiger partial charge in [0.2, 0.25) is 0 Å². The van der Waals surface area contributed by atoms with E-state index in [1.807, 2.05) is 27.7 Å². The summed E-state index contributed by atoms with van der Waals surface area (Å²) < 4.78 is 11.3. The quantitative estimate of drug-likeness (QED) is 0.143. The lowest BCUT2D eigenvalue weighted by Crippen LogP contribution is -2.34. The van der Waals surface area contributed by atoms with Gasteiger partial charge in [0.15, 0.2) is 0 Å². The standard InChI is InChI=1S/C29H44N2O3.C2H6.C2H2.CH4O/c1-7-12-22-13-10-11-14-23(22)19-24-21(4)25(15-16-29(5,6)8-2)31-26(20-33-18-17-30)27(24)28(32)34-9-3;3*1-2/h7,10-14,24,31H,8-9,15-20,30H2,1-6H3;1-2H3;1-2H;2H,1H3/b12-7-;;;. The smallest absolute Gasteiger partial charge is 0.336 e. The first-order valence-electron chi connectivity index (χ1n) is 14.4. The summed E-state index contributed by atoms with van der Waals surface area (Å²) in [5, 5.41) is 10.6. The molecule has 1 unspecified atom stereocenters. The van der Waals surface area contributed by atoms with E-state index in [1.165, 1.54) is 22.4 Å². The molecule has 1 aliphatic heterocycles. The Morgan fingerprint density at radius 3 is 2.33 bits per heavy atom. The molecule has 0 fully saturated rings. The Labute approximate surface area is 245 Å². The molecule has 40 heavy (non-hydrogen) atoms. The number of carbonyl (C=O) groups excluding carboxylic acids is 1. The topological polar surface area (TPSA) is 93.8 Å². The lowest BCUT2D eigenvalue weighted by molar-refractivity contribution is -0.139. The summed E-state index contributed by atoms with van der Waals surface area (Å²) in [6.07, 6.45) is 16.0. The highest BCUT2D eigenvalue weighted by molar-refractivity contribution is 5.91. The average Bonchev–Trinajstić information content (AvgIpc) is 2.98. The Bertz CT molecular complexity index is 958. The predicted molar refractivity (Wildman–Crippen MR) is 170 cm³/mol. The van der Waals surface area contributed by atoms with E-state index < -0.39 is 0 Å². The van der Waals surface area contributed by atoms with Gasteiger partial charge in [0, 0.05) is 25.3 Å². The molecule has 6 heteroatoms. The number of ether oxygens (including phenoxy) is 2. The first-order valence-corrected chi connectivity index (χ1v) is 14.4. The number of benzene rings is 1. The van der Waals surface area contributed by atoms with E-state index in [4.69, 9.17) is 20.3 Å². The molecule has 0 spiro atoms. The number of aliphatic hydroxyl groups excluding tert-OH is 1. The normalized spacial score (nSPS) is 14.7. The number of hydrogen-bond donors (Lipinski definition) is 3.